The number of rotatable bonds is 2. The van der Waals surface area contributed by atoms with E-state index < -0.39 is 0 Å². The Balaban J connectivity index is 2.23. The Kier molecular flexibility index (Phi) is 2.93. The molecule has 3 aromatic rings. The normalized spacial score (nSPS) is 10.6. The van der Waals surface area contributed by atoms with E-state index in [0.29, 0.717) is 16.3 Å². The lowest BCUT2D eigenvalue weighted by atomic mass is 10.0. The molecule has 0 saturated carbocycles. The molecule has 0 fully saturated rings. The molecule has 4 nitrogen and oxygen atoms in total. The van der Waals surface area contributed by atoms with E-state index in [9.17, 15) is 0 Å². The maximum Gasteiger partial charge on any atom is 0.230 e. The fraction of sp³-hybridized carbons (Fsp3) is 0. The van der Waals surface area contributed by atoms with Gasteiger partial charge in [0.25, 0.3) is 0 Å². The van der Waals surface area contributed by atoms with Gasteiger partial charge in [0.05, 0.1) is 5.56 Å². The molecule has 2 heterocycles. The first-order valence-corrected chi connectivity index (χ1v) is 6.05. The molecule has 0 bridgehead atoms. The predicted octanol–water partition coefficient (Wildman–Crippen LogP) is 3.64. The minimum atomic E-state index is 0.250. The standard InChI is InChI=1S/C14H10ClN3O/c15-11-4-2-1-3-10(11)12-13(18-19-14(12)16)9-5-7-17-8-6-9/h1-8H,16H2. The Morgan fingerprint density at radius 1 is 1.05 bits per heavy atom. The Labute approximate surface area is 114 Å². The van der Waals surface area contributed by atoms with E-state index in [0.717, 1.165) is 11.1 Å². The summed E-state index contributed by atoms with van der Waals surface area (Å²) < 4.78 is 5.11. The van der Waals surface area contributed by atoms with Gasteiger partial charge in [-0.3, -0.25) is 4.98 Å². The number of benzene rings is 1. The molecule has 0 aliphatic carbocycles. The van der Waals surface area contributed by atoms with Crippen molar-refractivity contribution in [1.29, 1.82) is 0 Å². The zero-order valence-corrected chi connectivity index (χ0v) is 10.6. The van der Waals surface area contributed by atoms with Crippen LogP contribution in [0, 0.1) is 0 Å². The van der Waals surface area contributed by atoms with Crippen LogP contribution in [0.2, 0.25) is 5.02 Å². The van der Waals surface area contributed by atoms with E-state index in [1.165, 1.54) is 0 Å². The number of anilines is 1. The molecule has 19 heavy (non-hydrogen) atoms. The minimum Gasteiger partial charge on any atom is -0.367 e. The van der Waals surface area contributed by atoms with Gasteiger partial charge in [-0.05, 0) is 18.2 Å². The summed E-state index contributed by atoms with van der Waals surface area (Å²) in [5.74, 6) is 0.250. The van der Waals surface area contributed by atoms with Gasteiger partial charge in [0.1, 0.15) is 5.69 Å². The quantitative estimate of drug-likeness (QED) is 0.773. The zero-order chi connectivity index (χ0) is 13.2. The van der Waals surface area contributed by atoms with Crippen molar-refractivity contribution >= 4 is 17.5 Å². The number of nitrogens with zero attached hydrogens (tertiary/aromatic N) is 2. The second kappa shape index (κ2) is 4.74. The molecular weight excluding hydrogens is 262 g/mol. The van der Waals surface area contributed by atoms with Crippen LogP contribution in [0.15, 0.2) is 53.3 Å². The van der Waals surface area contributed by atoms with Crippen LogP contribution in [0.5, 0.6) is 0 Å². The molecule has 1 aromatic carbocycles. The van der Waals surface area contributed by atoms with Crippen molar-refractivity contribution < 1.29 is 4.52 Å². The summed E-state index contributed by atoms with van der Waals surface area (Å²) in [5, 5.41) is 4.62. The maximum absolute atomic E-state index is 6.21. The van der Waals surface area contributed by atoms with Gasteiger partial charge in [-0.1, -0.05) is 35.0 Å². The summed E-state index contributed by atoms with van der Waals surface area (Å²) >= 11 is 6.21. The molecule has 3 rings (SSSR count). The van der Waals surface area contributed by atoms with Gasteiger partial charge in [-0.2, -0.15) is 0 Å². The van der Waals surface area contributed by atoms with Gasteiger partial charge in [0.2, 0.25) is 5.88 Å². The lowest BCUT2D eigenvalue weighted by Gasteiger charge is -2.04. The smallest absolute Gasteiger partial charge is 0.230 e. The first kappa shape index (κ1) is 11.7. The topological polar surface area (TPSA) is 64.9 Å². The monoisotopic (exact) mass is 271 g/mol. The first-order chi connectivity index (χ1) is 9.27. The van der Waals surface area contributed by atoms with Crippen LogP contribution in [0.25, 0.3) is 22.4 Å². The van der Waals surface area contributed by atoms with Crippen molar-refractivity contribution in [1.82, 2.24) is 10.1 Å². The van der Waals surface area contributed by atoms with E-state index >= 15 is 0 Å². The minimum absolute atomic E-state index is 0.250. The highest BCUT2D eigenvalue weighted by Gasteiger charge is 2.19. The number of aromatic nitrogens is 2. The van der Waals surface area contributed by atoms with E-state index in [1.54, 1.807) is 18.5 Å². The Morgan fingerprint density at radius 2 is 1.79 bits per heavy atom. The van der Waals surface area contributed by atoms with Gasteiger partial charge in [0.15, 0.2) is 0 Å². The van der Waals surface area contributed by atoms with Gasteiger partial charge >= 0.3 is 0 Å². The fourth-order valence-corrected chi connectivity index (χ4v) is 2.16. The Morgan fingerprint density at radius 3 is 2.53 bits per heavy atom. The Bertz CT molecular complexity index is 710. The fourth-order valence-electron chi connectivity index (χ4n) is 1.93. The second-order valence-electron chi connectivity index (χ2n) is 3.99. The maximum atomic E-state index is 6.21. The molecule has 5 heteroatoms. The second-order valence-corrected chi connectivity index (χ2v) is 4.39. The highest BCUT2D eigenvalue weighted by Crippen LogP contribution is 2.39. The van der Waals surface area contributed by atoms with Crippen LogP contribution in [-0.2, 0) is 0 Å². The number of nitrogens with two attached hydrogens (primary N) is 1. The summed E-state index contributed by atoms with van der Waals surface area (Å²) in [5.41, 5.74) is 8.92. The molecule has 0 spiro atoms. The summed E-state index contributed by atoms with van der Waals surface area (Å²) in [7, 11) is 0. The number of halogens is 1. The third kappa shape index (κ3) is 2.06. The van der Waals surface area contributed by atoms with Gasteiger partial charge in [0, 0.05) is 28.5 Å². The van der Waals surface area contributed by atoms with Gasteiger partial charge < -0.3 is 10.3 Å². The van der Waals surface area contributed by atoms with Crippen LogP contribution in [-0.4, -0.2) is 10.1 Å². The highest BCUT2D eigenvalue weighted by atomic mass is 35.5. The van der Waals surface area contributed by atoms with E-state index in [2.05, 4.69) is 10.1 Å². The zero-order valence-electron chi connectivity index (χ0n) is 9.88. The molecule has 0 aliphatic rings. The number of nitrogen functional groups attached to an aromatic ring is 1. The number of hydrogen-bond donors (Lipinski definition) is 1. The van der Waals surface area contributed by atoms with Crippen molar-refractivity contribution in [2.24, 2.45) is 0 Å². The SMILES string of the molecule is Nc1onc(-c2ccncc2)c1-c1ccccc1Cl. The third-order valence-electron chi connectivity index (χ3n) is 2.82. The van der Waals surface area contributed by atoms with Crippen LogP contribution in [0.4, 0.5) is 5.88 Å². The summed E-state index contributed by atoms with van der Waals surface area (Å²) in [6.07, 6.45) is 3.38. The average Bonchev–Trinajstić information content (AvgIpc) is 2.82. The lowest BCUT2D eigenvalue weighted by molar-refractivity contribution is 0.439. The largest absolute Gasteiger partial charge is 0.367 e. The summed E-state index contributed by atoms with van der Waals surface area (Å²) in [6, 6.07) is 11.1. The van der Waals surface area contributed by atoms with Crippen LogP contribution < -0.4 is 5.73 Å². The van der Waals surface area contributed by atoms with E-state index in [1.807, 2.05) is 30.3 Å². The molecular formula is C14H10ClN3O. The summed E-state index contributed by atoms with van der Waals surface area (Å²) in [4.78, 5) is 3.98. The third-order valence-corrected chi connectivity index (χ3v) is 3.15. The first-order valence-electron chi connectivity index (χ1n) is 5.68. The molecule has 2 N–H and O–H groups in total. The summed E-state index contributed by atoms with van der Waals surface area (Å²) in [6.45, 7) is 0. The Hall–Kier alpha value is -2.33. The van der Waals surface area contributed by atoms with Gasteiger partial charge in [-0.15, -0.1) is 0 Å². The van der Waals surface area contributed by atoms with Crippen LogP contribution in [0.3, 0.4) is 0 Å². The molecule has 0 radical (unpaired) electrons. The van der Waals surface area contributed by atoms with Crippen LogP contribution >= 0.6 is 11.6 Å². The predicted molar refractivity (Wildman–Crippen MR) is 74.6 cm³/mol. The molecule has 94 valence electrons. The van der Waals surface area contributed by atoms with Crippen molar-refractivity contribution in [3.63, 3.8) is 0 Å². The average molecular weight is 272 g/mol. The van der Waals surface area contributed by atoms with Crippen molar-refractivity contribution in [2.75, 3.05) is 5.73 Å². The highest BCUT2D eigenvalue weighted by molar-refractivity contribution is 6.33. The van der Waals surface area contributed by atoms with Crippen LogP contribution in [0.1, 0.15) is 0 Å². The molecule has 0 amide bonds. The molecule has 0 atom stereocenters. The number of hydrogen-bond acceptors (Lipinski definition) is 4. The van der Waals surface area contributed by atoms with E-state index in [4.69, 9.17) is 21.9 Å². The molecule has 0 unspecified atom stereocenters. The molecule has 0 aliphatic heterocycles. The van der Waals surface area contributed by atoms with Crippen molar-refractivity contribution in [2.45, 2.75) is 0 Å². The molecule has 0 saturated heterocycles. The molecule has 2 aromatic heterocycles. The van der Waals surface area contributed by atoms with E-state index in [-0.39, 0.29) is 5.88 Å². The lowest BCUT2D eigenvalue weighted by Crippen LogP contribution is -1.88. The van der Waals surface area contributed by atoms with Crippen molar-refractivity contribution in [3.05, 3.63) is 53.8 Å². The van der Waals surface area contributed by atoms with Crippen molar-refractivity contribution in [3.8, 4) is 22.4 Å². The van der Waals surface area contributed by atoms with Gasteiger partial charge in [-0.25, -0.2) is 0 Å². The number of pyridine rings is 1.